The van der Waals surface area contributed by atoms with E-state index in [9.17, 15) is 0 Å². The Kier molecular flexibility index (Phi) is 3.07. The van der Waals surface area contributed by atoms with Gasteiger partial charge in [0, 0.05) is 0 Å². The number of aryl methyl sites for hydroxylation is 1. The van der Waals surface area contributed by atoms with Crippen molar-refractivity contribution in [2.75, 3.05) is 0 Å². The third kappa shape index (κ3) is 1.58. The van der Waals surface area contributed by atoms with E-state index in [4.69, 9.17) is 0 Å². The largest absolute Gasteiger partial charge is 0.0616 e. The Balaban J connectivity index is 2.28. The first-order valence-electron chi connectivity index (χ1n) is 8.50. The number of hydrogen-bond donors (Lipinski definition) is 0. The molecule has 22 heavy (non-hydrogen) atoms. The van der Waals surface area contributed by atoms with Crippen LogP contribution in [-0.2, 0) is 19.3 Å². The molecule has 0 saturated carbocycles. The Bertz CT molecular complexity index is 884. The fourth-order valence-electron chi connectivity index (χ4n) is 4.40. The summed E-state index contributed by atoms with van der Waals surface area (Å²) in [5.74, 6) is 0. The van der Waals surface area contributed by atoms with Crippen LogP contribution in [0.3, 0.4) is 0 Å². The highest BCUT2D eigenvalue weighted by molar-refractivity contribution is 6.17. The van der Waals surface area contributed by atoms with E-state index < -0.39 is 0 Å². The first-order valence-corrected chi connectivity index (χ1v) is 8.50. The van der Waals surface area contributed by atoms with Crippen LogP contribution in [0.2, 0.25) is 0 Å². The highest BCUT2D eigenvalue weighted by Crippen LogP contribution is 2.50. The van der Waals surface area contributed by atoms with Gasteiger partial charge >= 0.3 is 0 Å². The van der Waals surface area contributed by atoms with Gasteiger partial charge in [0.15, 0.2) is 0 Å². The van der Waals surface area contributed by atoms with E-state index in [0.717, 1.165) is 19.3 Å². The van der Waals surface area contributed by atoms with Crippen LogP contribution < -0.4 is 0 Å². The standard InChI is InChI=1S/C22H22/c1-4-14-15(5-2)18-12-9-13-20-17-10-7-8-11-19(17)21(22(18)20)16(14)6-3/h7-13H,4-6H2,1-3H3. The number of hydrogen-bond acceptors (Lipinski definition) is 0. The third-order valence-electron chi connectivity index (χ3n) is 5.22. The second kappa shape index (κ2) is 4.98. The van der Waals surface area contributed by atoms with Crippen molar-refractivity contribution in [1.82, 2.24) is 0 Å². The summed E-state index contributed by atoms with van der Waals surface area (Å²) in [6.45, 7) is 6.90. The van der Waals surface area contributed by atoms with E-state index in [1.807, 2.05) is 0 Å². The zero-order chi connectivity index (χ0) is 15.3. The fraction of sp³-hybridized carbons (Fsp3) is 0.273. The molecule has 110 valence electrons. The minimum atomic E-state index is 1.12. The topological polar surface area (TPSA) is 0 Å². The number of benzene rings is 3. The molecule has 0 spiro atoms. The van der Waals surface area contributed by atoms with Crippen molar-refractivity contribution >= 4 is 10.8 Å². The second-order valence-corrected chi connectivity index (χ2v) is 6.15. The maximum Gasteiger partial charge on any atom is -0.00206 e. The van der Waals surface area contributed by atoms with Crippen molar-refractivity contribution in [1.29, 1.82) is 0 Å². The molecular weight excluding hydrogens is 264 g/mol. The van der Waals surface area contributed by atoms with Gasteiger partial charge in [0.1, 0.15) is 0 Å². The summed E-state index contributed by atoms with van der Waals surface area (Å²) in [6, 6.07) is 15.8. The maximum absolute atomic E-state index is 2.33. The summed E-state index contributed by atoms with van der Waals surface area (Å²) >= 11 is 0. The average molecular weight is 286 g/mol. The fourth-order valence-corrected chi connectivity index (χ4v) is 4.40. The summed E-state index contributed by atoms with van der Waals surface area (Å²) in [4.78, 5) is 0. The smallest absolute Gasteiger partial charge is 0.00206 e. The van der Waals surface area contributed by atoms with Gasteiger partial charge in [0.2, 0.25) is 0 Å². The highest BCUT2D eigenvalue weighted by Gasteiger charge is 2.26. The summed E-state index contributed by atoms with van der Waals surface area (Å²) in [6.07, 6.45) is 3.36. The van der Waals surface area contributed by atoms with Gasteiger partial charge in [0.25, 0.3) is 0 Å². The van der Waals surface area contributed by atoms with Crippen molar-refractivity contribution in [3.05, 3.63) is 59.2 Å². The minimum Gasteiger partial charge on any atom is -0.0616 e. The average Bonchev–Trinajstić information content (AvgIpc) is 2.91. The lowest BCUT2D eigenvalue weighted by Crippen LogP contribution is -2.01. The monoisotopic (exact) mass is 286 g/mol. The van der Waals surface area contributed by atoms with E-state index in [0.29, 0.717) is 0 Å². The summed E-state index contributed by atoms with van der Waals surface area (Å²) in [7, 11) is 0. The van der Waals surface area contributed by atoms with E-state index in [1.165, 1.54) is 33.0 Å². The van der Waals surface area contributed by atoms with E-state index in [2.05, 4.69) is 63.2 Å². The Hall–Kier alpha value is -2.08. The van der Waals surface area contributed by atoms with E-state index in [1.54, 1.807) is 16.7 Å². The van der Waals surface area contributed by atoms with Gasteiger partial charge < -0.3 is 0 Å². The molecule has 0 heterocycles. The molecule has 3 aromatic carbocycles. The van der Waals surface area contributed by atoms with Crippen molar-refractivity contribution in [2.24, 2.45) is 0 Å². The van der Waals surface area contributed by atoms with Crippen molar-refractivity contribution in [3.8, 4) is 22.3 Å². The Labute approximate surface area is 132 Å². The molecule has 0 fully saturated rings. The molecule has 0 bridgehead atoms. The second-order valence-electron chi connectivity index (χ2n) is 6.15. The molecule has 1 aliphatic carbocycles. The molecule has 0 aliphatic heterocycles. The van der Waals surface area contributed by atoms with Crippen LogP contribution in [0.25, 0.3) is 33.0 Å². The van der Waals surface area contributed by atoms with Crippen LogP contribution in [0.5, 0.6) is 0 Å². The van der Waals surface area contributed by atoms with Gasteiger partial charge in [-0.25, -0.2) is 0 Å². The maximum atomic E-state index is 2.33. The molecular formula is C22H22. The van der Waals surface area contributed by atoms with Crippen LogP contribution >= 0.6 is 0 Å². The number of rotatable bonds is 3. The SMILES string of the molecule is CCc1c(CC)c2c3c(cccc3c1CC)-c1ccccc1-2. The van der Waals surface area contributed by atoms with Gasteiger partial charge in [-0.15, -0.1) is 0 Å². The lowest BCUT2D eigenvalue weighted by atomic mass is 9.85. The summed E-state index contributed by atoms with van der Waals surface area (Å²) in [5, 5.41) is 2.97. The van der Waals surface area contributed by atoms with Gasteiger partial charge in [-0.3, -0.25) is 0 Å². The lowest BCUT2D eigenvalue weighted by Gasteiger charge is -2.19. The van der Waals surface area contributed by atoms with Gasteiger partial charge in [0.05, 0.1) is 0 Å². The zero-order valence-electron chi connectivity index (χ0n) is 13.7. The van der Waals surface area contributed by atoms with Gasteiger partial charge in [-0.1, -0.05) is 63.2 Å². The van der Waals surface area contributed by atoms with Crippen LogP contribution in [0.1, 0.15) is 37.5 Å². The van der Waals surface area contributed by atoms with Crippen molar-refractivity contribution in [2.45, 2.75) is 40.0 Å². The Morgan fingerprint density at radius 1 is 0.591 bits per heavy atom. The molecule has 0 aromatic heterocycles. The molecule has 0 N–H and O–H groups in total. The van der Waals surface area contributed by atoms with Crippen LogP contribution in [0.15, 0.2) is 42.5 Å². The normalized spacial score (nSPS) is 12.0. The predicted octanol–water partition coefficient (Wildman–Crippen LogP) is 6.17. The summed E-state index contributed by atoms with van der Waals surface area (Å²) in [5.41, 5.74) is 10.5. The van der Waals surface area contributed by atoms with E-state index >= 15 is 0 Å². The number of fused-ring (bicyclic) bond motifs is 3. The first kappa shape index (κ1) is 13.6. The van der Waals surface area contributed by atoms with E-state index in [-0.39, 0.29) is 0 Å². The van der Waals surface area contributed by atoms with Crippen molar-refractivity contribution in [3.63, 3.8) is 0 Å². The quantitative estimate of drug-likeness (QED) is 0.422. The zero-order valence-corrected chi connectivity index (χ0v) is 13.7. The summed E-state index contributed by atoms with van der Waals surface area (Å²) < 4.78 is 0. The first-order chi connectivity index (χ1) is 10.8. The Morgan fingerprint density at radius 2 is 1.23 bits per heavy atom. The molecule has 0 atom stereocenters. The molecule has 1 aliphatic rings. The molecule has 0 amide bonds. The molecule has 0 radical (unpaired) electrons. The minimum absolute atomic E-state index is 1.12. The molecule has 0 unspecified atom stereocenters. The van der Waals surface area contributed by atoms with Crippen molar-refractivity contribution < 1.29 is 0 Å². The van der Waals surface area contributed by atoms with Gasteiger partial charge in [-0.05, 0) is 69.0 Å². The Morgan fingerprint density at radius 3 is 1.91 bits per heavy atom. The molecule has 4 rings (SSSR count). The molecule has 0 saturated heterocycles. The highest BCUT2D eigenvalue weighted by atomic mass is 14.3. The molecule has 3 aromatic rings. The van der Waals surface area contributed by atoms with Crippen LogP contribution in [-0.4, -0.2) is 0 Å². The third-order valence-corrected chi connectivity index (χ3v) is 5.22. The molecule has 0 nitrogen and oxygen atoms in total. The molecule has 0 heteroatoms. The predicted molar refractivity (Wildman–Crippen MR) is 96.5 cm³/mol. The lowest BCUT2D eigenvalue weighted by molar-refractivity contribution is 0.996. The van der Waals surface area contributed by atoms with Crippen LogP contribution in [0, 0.1) is 0 Å². The van der Waals surface area contributed by atoms with Crippen LogP contribution in [0.4, 0.5) is 0 Å². The van der Waals surface area contributed by atoms with Gasteiger partial charge in [-0.2, -0.15) is 0 Å².